The van der Waals surface area contributed by atoms with Crippen molar-refractivity contribution in [2.24, 2.45) is 7.05 Å². The molecule has 1 aromatic carbocycles. The Kier molecular flexibility index (Phi) is 2.60. The maximum absolute atomic E-state index is 4.86. The van der Waals surface area contributed by atoms with Crippen LogP contribution in [-0.4, -0.2) is 24.5 Å². The average Bonchev–Trinajstić information content (AvgIpc) is 2.99. The molecule has 3 heterocycles. The van der Waals surface area contributed by atoms with E-state index in [1.54, 1.807) is 0 Å². The minimum atomic E-state index is 0.886. The smallest absolute Gasteiger partial charge is 0.165 e. The van der Waals surface area contributed by atoms with Gasteiger partial charge in [0, 0.05) is 17.8 Å². The highest BCUT2D eigenvalue weighted by Gasteiger charge is 2.18. The van der Waals surface area contributed by atoms with E-state index in [0.717, 1.165) is 39.1 Å². The van der Waals surface area contributed by atoms with Crippen LogP contribution in [0.2, 0.25) is 0 Å². The van der Waals surface area contributed by atoms with Crippen molar-refractivity contribution in [2.75, 3.05) is 0 Å². The van der Waals surface area contributed by atoms with Crippen LogP contribution in [0.15, 0.2) is 30.3 Å². The zero-order valence-corrected chi connectivity index (χ0v) is 13.1. The van der Waals surface area contributed by atoms with E-state index in [4.69, 9.17) is 10.1 Å². The Morgan fingerprint density at radius 2 is 1.45 bits per heavy atom. The Morgan fingerprint density at radius 3 is 2.18 bits per heavy atom. The van der Waals surface area contributed by atoms with Gasteiger partial charge in [-0.25, -0.2) is 9.67 Å². The number of para-hydroxylation sites is 1. The third-order valence-corrected chi connectivity index (χ3v) is 4.19. The van der Waals surface area contributed by atoms with E-state index < -0.39 is 0 Å². The lowest BCUT2D eigenvalue weighted by atomic mass is 10.1. The molecule has 0 saturated heterocycles. The fourth-order valence-electron chi connectivity index (χ4n) is 3.25. The molecule has 0 saturated carbocycles. The first-order valence-corrected chi connectivity index (χ1v) is 7.32. The Hall–Kier alpha value is -2.69. The molecule has 0 radical (unpaired) electrons. The summed E-state index contributed by atoms with van der Waals surface area (Å²) in [7, 11) is 1.93. The molecular formula is C17H17N5. The molecule has 0 spiro atoms. The Bertz CT molecular complexity index is 1010. The number of benzene rings is 1. The van der Waals surface area contributed by atoms with Crippen molar-refractivity contribution in [2.45, 2.75) is 20.8 Å². The molecule has 22 heavy (non-hydrogen) atoms. The van der Waals surface area contributed by atoms with Crippen LogP contribution in [-0.2, 0) is 7.05 Å². The number of rotatable bonds is 1. The first-order valence-electron chi connectivity index (χ1n) is 7.32. The number of nitrogens with zero attached hydrogens (tertiary/aromatic N) is 5. The molecule has 0 atom stereocenters. The Morgan fingerprint density at radius 1 is 0.818 bits per heavy atom. The first kappa shape index (κ1) is 13.0. The molecule has 5 nitrogen and oxygen atoms in total. The fourth-order valence-corrected chi connectivity index (χ4v) is 3.25. The lowest BCUT2D eigenvalue weighted by molar-refractivity contribution is 0.773. The van der Waals surface area contributed by atoms with Crippen LogP contribution in [0, 0.1) is 20.8 Å². The standard InChI is InChI=1S/C17H17N5/c1-10-14-11(2)19-21(4)16(14)18-17-15(10)12(3)20-22(17)13-8-6-5-7-9-13/h5-9H,1-4H3. The van der Waals surface area contributed by atoms with Crippen LogP contribution in [0.3, 0.4) is 0 Å². The number of fused-ring (bicyclic) bond motifs is 2. The van der Waals surface area contributed by atoms with Crippen LogP contribution in [0.1, 0.15) is 17.0 Å². The first-order chi connectivity index (χ1) is 10.6. The van der Waals surface area contributed by atoms with Crippen LogP contribution in [0.25, 0.3) is 27.8 Å². The summed E-state index contributed by atoms with van der Waals surface area (Å²) in [6, 6.07) is 10.1. The number of aryl methyl sites for hydroxylation is 4. The van der Waals surface area contributed by atoms with Crippen molar-refractivity contribution >= 4 is 22.1 Å². The lowest BCUT2D eigenvalue weighted by Crippen LogP contribution is -1.99. The summed E-state index contributed by atoms with van der Waals surface area (Å²) in [6.07, 6.45) is 0. The molecule has 0 amide bonds. The summed E-state index contributed by atoms with van der Waals surface area (Å²) >= 11 is 0. The van der Waals surface area contributed by atoms with Crippen molar-refractivity contribution in [1.29, 1.82) is 0 Å². The van der Waals surface area contributed by atoms with Crippen LogP contribution in [0.4, 0.5) is 0 Å². The second-order valence-corrected chi connectivity index (χ2v) is 5.68. The van der Waals surface area contributed by atoms with Gasteiger partial charge in [-0.15, -0.1) is 0 Å². The predicted octanol–water partition coefficient (Wildman–Crippen LogP) is 3.23. The van der Waals surface area contributed by atoms with Crippen molar-refractivity contribution in [1.82, 2.24) is 24.5 Å². The molecule has 110 valence electrons. The van der Waals surface area contributed by atoms with Gasteiger partial charge in [-0.05, 0) is 38.5 Å². The summed E-state index contributed by atoms with van der Waals surface area (Å²) in [5.41, 5.74) is 6.01. The molecule has 0 aliphatic rings. The number of hydrogen-bond donors (Lipinski definition) is 0. The Labute approximate surface area is 128 Å². The van der Waals surface area contributed by atoms with Gasteiger partial charge in [0.15, 0.2) is 11.3 Å². The molecule has 3 aromatic heterocycles. The summed E-state index contributed by atoms with van der Waals surface area (Å²) < 4.78 is 3.76. The minimum Gasteiger partial charge on any atom is -0.250 e. The fraction of sp³-hybridized carbons (Fsp3) is 0.235. The highest BCUT2D eigenvalue weighted by molar-refractivity contribution is 5.97. The number of pyridine rings is 1. The quantitative estimate of drug-likeness (QED) is 0.541. The molecule has 0 aliphatic carbocycles. The minimum absolute atomic E-state index is 0.886. The molecule has 5 heteroatoms. The van der Waals surface area contributed by atoms with Gasteiger partial charge in [-0.2, -0.15) is 10.2 Å². The van der Waals surface area contributed by atoms with Crippen molar-refractivity contribution in [3.05, 3.63) is 47.3 Å². The molecule has 0 bridgehead atoms. The van der Waals surface area contributed by atoms with E-state index in [2.05, 4.69) is 12.0 Å². The van der Waals surface area contributed by atoms with Gasteiger partial charge in [0.2, 0.25) is 0 Å². The second-order valence-electron chi connectivity index (χ2n) is 5.68. The van der Waals surface area contributed by atoms with E-state index in [9.17, 15) is 0 Å². The van der Waals surface area contributed by atoms with E-state index in [-0.39, 0.29) is 0 Å². The largest absolute Gasteiger partial charge is 0.250 e. The van der Waals surface area contributed by atoms with Gasteiger partial charge < -0.3 is 0 Å². The third-order valence-electron chi connectivity index (χ3n) is 4.19. The summed E-state index contributed by atoms with van der Waals surface area (Å²) in [5, 5.41) is 11.5. The zero-order chi connectivity index (χ0) is 15.4. The molecular weight excluding hydrogens is 274 g/mol. The maximum Gasteiger partial charge on any atom is 0.165 e. The molecule has 0 fully saturated rings. The van der Waals surface area contributed by atoms with Crippen LogP contribution < -0.4 is 0 Å². The van der Waals surface area contributed by atoms with Crippen molar-refractivity contribution in [3.8, 4) is 5.69 Å². The lowest BCUT2D eigenvalue weighted by Gasteiger charge is -2.04. The van der Waals surface area contributed by atoms with Crippen LogP contribution in [0.5, 0.6) is 0 Å². The topological polar surface area (TPSA) is 48.5 Å². The highest BCUT2D eigenvalue weighted by Crippen LogP contribution is 2.30. The summed E-state index contributed by atoms with van der Waals surface area (Å²) in [4.78, 5) is 4.86. The molecule has 0 N–H and O–H groups in total. The number of hydrogen-bond acceptors (Lipinski definition) is 3. The number of aromatic nitrogens is 5. The maximum atomic E-state index is 4.86. The van der Waals surface area contributed by atoms with Gasteiger partial charge in [0.1, 0.15) is 0 Å². The monoisotopic (exact) mass is 291 g/mol. The SMILES string of the molecule is Cc1nn(C)c2nc3c(c(C)nn3-c3ccccc3)c(C)c12. The predicted molar refractivity (Wildman–Crippen MR) is 87.3 cm³/mol. The normalized spacial score (nSPS) is 11.6. The van der Waals surface area contributed by atoms with E-state index in [1.807, 2.05) is 60.6 Å². The summed E-state index contributed by atoms with van der Waals surface area (Å²) in [6.45, 7) is 6.19. The Balaban J connectivity index is 2.18. The van der Waals surface area contributed by atoms with Crippen molar-refractivity contribution in [3.63, 3.8) is 0 Å². The van der Waals surface area contributed by atoms with Crippen molar-refractivity contribution < 1.29 is 0 Å². The average molecular weight is 291 g/mol. The van der Waals surface area contributed by atoms with E-state index in [0.29, 0.717) is 0 Å². The molecule has 0 aliphatic heterocycles. The summed E-state index contributed by atoms with van der Waals surface area (Å²) in [5.74, 6) is 0. The zero-order valence-electron chi connectivity index (χ0n) is 13.1. The van der Waals surface area contributed by atoms with Gasteiger partial charge in [-0.1, -0.05) is 18.2 Å². The third kappa shape index (κ3) is 1.62. The van der Waals surface area contributed by atoms with Crippen LogP contribution >= 0.6 is 0 Å². The van der Waals surface area contributed by atoms with Gasteiger partial charge >= 0.3 is 0 Å². The second kappa shape index (κ2) is 4.40. The highest BCUT2D eigenvalue weighted by atomic mass is 15.3. The molecule has 4 rings (SSSR count). The van der Waals surface area contributed by atoms with E-state index in [1.165, 1.54) is 5.56 Å². The molecule has 0 unspecified atom stereocenters. The van der Waals surface area contributed by atoms with E-state index >= 15 is 0 Å². The van der Waals surface area contributed by atoms with Gasteiger partial charge in [0.25, 0.3) is 0 Å². The molecule has 4 aromatic rings. The van der Waals surface area contributed by atoms with Gasteiger partial charge in [0.05, 0.1) is 17.1 Å². The van der Waals surface area contributed by atoms with Gasteiger partial charge in [-0.3, -0.25) is 4.68 Å².